The molecule has 1 aliphatic carbocycles. The van der Waals surface area contributed by atoms with Crippen molar-refractivity contribution < 1.29 is 22.7 Å². The monoisotopic (exact) mass is 428 g/mol. The second-order valence-corrected chi connectivity index (χ2v) is 9.65. The Morgan fingerprint density at radius 2 is 1.70 bits per heavy atom. The van der Waals surface area contributed by atoms with E-state index in [-0.39, 0.29) is 4.90 Å². The van der Waals surface area contributed by atoms with E-state index in [9.17, 15) is 18.0 Å². The summed E-state index contributed by atoms with van der Waals surface area (Å²) >= 11 is 0. The molecule has 0 atom stereocenters. The molecule has 4 rings (SSSR count). The molecule has 1 N–H and O–H groups in total. The quantitative estimate of drug-likeness (QED) is 0.685. The minimum absolute atomic E-state index is 0.139. The van der Waals surface area contributed by atoms with E-state index in [1.54, 1.807) is 12.1 Å². The summed E-state index contributed by atoms with van der Waals surface area (Å²) in [4.78, 5) is 24.9. The smallest absolute Gasteiger partial charge is 0.317 e. The van der Waals surface area contributed by atoms with E-state index in [1.165, 1.54) is 16.4 Å². The van der Waals surface area contributed by atoms with Crippen LogP contribution in [0.15, 0.2) is 59.5 Å². The maximum absolute atomic E-state index is 12.7. The van der Waals surface area contributed by atoms with Crippen LogP contribution in [0, 0.1) is 0 Å². The summed E-state index contributed by atoms with van der Waals surface area (Å²) < 4.78 is 32.1. The fourth-order valence-corrected chi connectivity index (χ4v) is 5.33. The van der Waals surface area contributed by atoms with Gasteiger partial charge in [-0.3, -0.25) is 9.59 Å². The van der Waals surface area contributed by atoms with E-state index in [1.807, 2.05) is 30.3 Å². The van der Waals surface area contributed by atoms with Crippen LogP contribution >= 0.6 is 0 Å². The molecule has 0 radical (unpaired) electrons. The molecule has 1 aliphatic heterocycles. The Bertz CT molecular complexity index is 1040. The van der Waals surface area contributed by atoms with E-state index in [2.05, 4.69) is 5.32 Å². The largest absolute Gasteiger partial charge is 0.455 e. The van der Waals surface area contributed by atoms with Gasteiger partial charge in [0.2, 0.25) is 10.0 Å². The van der Waals surface area contributed by atoms with Gasteiger partial charge in [-0.2, -0.15) is 4.31 Å². The van der Waals surface area contributed by atoms with Gasteiger partial charge >= 0.3 is 5.97 Å². The summed E-state index contributed by atoms with van der Waals surface area (Å²) in [6.45, 7) is 0.604. The fourth-order valence-electron chi connectivity index (χ4n) is 3.77. The topological polar surface area (TPSA) is 92.8 Å². The number of hydrogen-bond donors (Lipinski definition) is 1. The number of anilines is 1. The second-order valence-electron chi connectivity index (χ2n) is 7.71. The first-order valence-corrected chi connectivity index (χ1v) is 11.5. The molecule has 2 fully saturated rings. The van der Waals surface area contributed by atoms with Crippen molar-refractivity contribution in [1.29, 1.82) is 0 Å². The maximum atomic E-state index is 12.7. The third-order valence-electron chi connectivity index (χ3n) is 5.62. The first-order chi connectivity index (χ1) is 14.4. The number of hydrogen-bond acceptors (Lipinski definition) is 5. The first kappa shape index (κ1) is 20.6. The Labute approximate surface area is 176 Å². The van der Waals surface area contributed by atoms with Gasteiger partial charge in [-0.25, -0.2) is 8.42 Å². The third-order valence-corrected chi connectivity index (χ3v) is 7.52. The zero-order valence-electron chi connectivity index (χ0n) is 16.5. The van der Waals surface area contributed by atoms with Crippen LogP contribution in [0.1, 0.15) is 31.2 Å². The van der Waals surface area contributed by atoms with Crippen LogP contribution in [0.5, 0.6) is 0 Å². The summed E-state index contributed by atoms with van der Waals surface area (Å²) in [5.41, 5.74) is 0.599. The fraction of sp³-hybridized carbons (Fsp3) is 0.364. The summed E-state index contributed by atoms with van der Waals surface area (Å²) in [5.74, 6) is -0.919. The average molecular weight is 429 g/mol. The zero-order chi connectivity index (χ0) is 21.2. The molecular formula is C22H24N2O5S. The number of amides is 1. The second kappa shape index (κ2) is 8.20. The lowest BCUT2D eigenvalue weighted by molar-refractivity contribution is -0.150. The number of carbonyl (C=O) groups excluding carboxylic acids is 2. The Morgan fingerprint density at radius 1 is 1.00 bits per heavy atom. The number of rotatable bonds is 7. The standard InChI is InChI=1S/C22H24N2O5S/c25-20(16-29-21(26)22(11-12-22)17-7-2-1-3-8-17)23-18-9-6-10-19(15-18)30(27,28)24-13-4-5-14-24/h1-3,6-10,15H,4-5,11-14,16H2,(H,23,25). The van der Waals surface area contributed by atoms with E-state index in [4.69, 9.17) is 4.74 Å². The van der Waals surface area contributed by atoms with E-state index in [0.717, 1.165) is 18.4 Å². The van der Waals surface area contributed by atoms with Gasteiger partial charge in [-0.15, -0.1) is 0 Å². The minimum atomic E-state index is -3.57. The molecule has 30 heavy (non-hydrogen) atoms. The van der Waals surface area contributed by atoms with Gasteiger partial charge in [0, 0.05) is 18.8 Å². The van der Waals surface area contributed by atoms with Crippen LogP contribution in [0.25, 0.3) is 0 Å². The number of esters is 1. The zero-order valence-corrected chi connectivity index (χ0v) is 17.4. The Balaban J connectivity index is 1.36. The molecule has 0 spiro atoms. The summed E-state index contributed by atoms with van der Waals surface area (Å²) in [7, 11) is -3.57. The average Bonchev–Trinajstić information content (AvgIpc) is 3.38. The van der Waals surface area contributed by atoms with Gasteiger partial charge in [-0.05, 0) is 49.4 Å². The molecule has 2 aromatic carbocycles. The molecule has 0 unspecified atom stereocenters. The lowest BCUT2D eigenvalue weighted by Crippen LogP contribution is -2.28. The SMILES string of the molecule is O=C(COC(=O)C1(c2ccccc2)CC1)Nc1cccc(S(=O)(=O)N2CCCC2)c1. The Kier molecular flexibility index (Phi) is 5.62. The number of sulfonamides is 1. The van der Waals surface area contributed by atoms with Crippen LogP contribution in [-0.4, -0.2) is 44.3 Å². The first-order valence-electron chi connectivity index (χ1n) is 10.0. The molecule has 0 bridgehead atoms. The van der Waals surface area contributed by atoms with Crippen molar-refractivity contribution in [3.8, 4) is 0 Å². The van der Waals surface area contributed by atoms with Crippen molar-refractivity contribution in [3.05, 3.63) is 60.2 Å². The van der Waals surface area contributed by atoms with Crippen LogP contribution in [0.3, 0.4) is 0 Å². The van der Waals surface area contributed by atoms with Crippen LogP contribution < -0.4 is 5.32 Å². The molecule has 1 heterocycles. The van der Waals surface area contributed by atoms with Crippen LogP contribution in [0.4, 0.5) is 5.69 Å². The molecule has 0 aromatic heterocycles. The lowest BCUT2D eigenvalue weighted by Gasteiger charge is -2.16. The van der Waals surface area contributed by atoms with Crippen molar-refractivity contribution in [3.63, 3.8) is 0 Å². The van der Waals surface area contributed by atoms with Crippen molar-refractivity contribution >= 4 is 27.6 Å². The number of ether oxygens (including phenoxy) is 1. The molecule has 1 amide bonds. The predicted octanol–water partition coefficient (Wildman–Crippen LogP) is 2.68. The molecule has 7 nitrogen and oxygen atoms in total. The number of nitrogens with zero attached hydrogens (tertiary/aromatic N) is 1. The molecule has 1 saturated carbocycles. The van der Waals surface area contributed by atoms with Crippen LogP contribution in [-0.2, 0) is 29.8 Å². The highest BCUT2D eigenvalue weighted by atomic mass is 32.2. The summed E-state index contributed by atoms with van der Waals surface area (Å²) in [6.07, 6.45) is 3.11. The summed E-state index contributed by atoms with van der Waals surface area (Å²) in [5, 5.41) is 2.61. The number of carbonyl (C=O) groups is 2. The molecular weight excluding hydrogens is 404 g/mol. The predicted molar refractivity (Wildman–Crippen MR) is 111 cm³/mol. The van der Waals surface area contributed by atoms with Crippen molar-refractivity contribution in [2.24, 2.45) is 0 Å². The van der Waals surface area contributed by atoms with E-state index in [0.29, 0.717) is 31.6 Å². The normalized spacial score (nSPS) is 18.0. The van der Waals surface area contributed by atoms with Crippen molar-refractivity contribution in [1.82, 2.24) is 4.31 Å². The highest BCUT2D eigenvalue weighted by Gasteiger charge is 2.52. The number of nitrogens with one attached hydrogen (secondary N) is 1. The number of benzene rings is 2. The van der Waals surface area contributed by atoms with Gasteiger partial charge in [-0.1, -0.05) is 36.4 Å². The minimum Gasteiger partial charge on any atom is -0.455 e. The maximum Gasteiger partial charge on any atom is 0.317 e. The third kappa shape index (κ3) is 4.11. The van der Waals surface area contributed by atoms with Gasteiger partial charge in [0.05, 0.1) is 10.3 Å². The highest BCUT2D eigenvalue weighted by molar-refractivity contribution is 7.89. The highest BCUT2D eigenvalue weighted by Crippen LogP contribution is 2.49. The Hall–Kier alpha value is -2.71. The van der Waals surface area contributed by atoms with Gasteiger partial charge < -0.3 is 10.1 Å². The Morgan fingerprint density at radius 3 is 2.37 bits per heavy atom. The van der Waals surface area contributed by atoms with E-state index >= 15 is 0 Å². The summed E-state index contributed by atoms with van der Waals surface area (Å²) in [6, 6.07) is 15.5. The lowest BCUT2D eigenvalue weighted by atomic mass is 9.96. The van der Waals surface area contributed by atoms with E-state index < -0.39 is 33.9 Å². The van der Waals surface area contributed by atoms with Gasteiger partial charge in [0.1, 0.15) is 0 Å². The molecule has 2 aromatic rings. The van der Waals surface area contributed by atoms with Crippen molar-refractivity contribution in [2.75, 3.05) is 25.0 Å². The van der Waals surface area contributed by atoms with Gasteiger partial charge in [0.15, 0.2) is 6.61 Å². The van der Waals surface area contributed by atoms with Crippen LogP contribution in [0.2, 0.25) is 0 Å². The molecule has 1 saturated heterocycles. The molecule has 8 heteroatoms. The van der Waals surface area contributed by atoms with Gasteiger partial charge in [0.25, 0.3) is 5.91 Å². The van der Waals surface area contributed by atoms with Crippen molar-refractivity contribution in [2.45, 2.75) is 36.0 Å². The molecule has 158 valence electrons. The molecule has 2 aliphatic rings.